The Morgan fingerprint density at radius 2 is 2.17 bits per heavy atom. The molecule has 0 fully saturated rings. The van der Waals surface area contributed by atoms with Crippen LogP contribution in [-0.4, -0.2) is 24.1 Å². The van der Waals surface area contributed by atoms with Crippen LogP contribution < -0.4 is 10.2 Å². The van der Waals surface area contributed by atoms with Crippen molar-refractivity contribution in [3.05, 3.63) is 45.8 Å². The maximum atomic E-state index is 12.3. The number of amides is 2. The molecule has 3 rings (SSSR count). The number of halogens is 1. The molecule has 2 aromatic rings. The lowest BCUT2D eigenvalue weighted by Gasteiger charge is -2.25. The van der Waals surface area contributed by atoms with Crippen LogP contribution in [-0.2, 0) is 22.6 Å². The lowest BCUT2D eigenvalue weighted by atomic mass is 10.2. The normalized spacial score (nSPS) is 13.8. The van der Waals surface area contributed by atoms with Crippen LogP contribution >= 0.6 is 34.7 Å². The number of aryl methyl sites for hydroxylation is 1. The van der Waals surface area contributed by atoms with E-state index in [1.165, 1.54) is 4.88 Å². The maximum Gasteiger partial charge on any atom is 0.240 e. The number of nitrogens with one attached hydrogen (secondary N) is 1. The smallest absolute Gasteiger partial charge is 0.240 e. The highest BCUT2D eigenvalue weighted by atomic mass is 35.5. The van der Waals surface area contributed by atoms with E-state index in [2.05, 4.69) is 12.2 Å². The van der Waals surface area contributed by atoms with Gasteiger partial charge in [-0.2, -0.15) is 0 Å². The molecule has 4 nitrogen and oxygen atoms in total. The summed E-state index contributed by atoms with van der Waals surface area (Å²) in [7, 11) is 0. The topological polar surface area (TPSA) is 49.4 Å². The summed E-state index contributed by atoms with van der Waals surface area (Å²) < 4.78 is 1.12. The van der Waals surface area contributed by atoms with Gasteiger partial charge < -0.3 is 10.2 Å². The first-order valence-electron chi connectivity index (χ1n) is 7.64. The van der Waals surface area contributed by atoms with E-state index in [0.717, 1.165) is 21.9 Å². The molecule has 0 saturated carbocycles. The minimum Gasteiger partial charge on any atom is -0.350 e. The summed E-state index contributed by atoms with van der Waals surface area (Å²) in [6.07, 6.45) is 0.930. The maximum absolute atomic E-state index is 12.3. The molecular formula is C17H17ClN2O2S2. The minimum atomic E-state index is -0.189. The number of thiophene rings is 1. The third kappa shape index (κ3) is 3.77. The van der Waals surface area contributed by atoms with Crippen molar-refractivity contribution in [1.29, 1.82) is 0 Å². The van der Waals surface area contributed by atoms with Crippen LogP contribution in [0.25, 0.3) is 0 Å². The molecule has 0 radical (unpaired) electrons. The van der Waals surface area contributed by atoms with E-state index in [1.807, 2.05) is 24.3 Å². The van der Waals surface area contributed by atoms with Gasteiger partial charge in [0.1, 0.15) is 6.54 Å². The molecule has 2 heterocycles. The third-order valence-corrected chi connectivity index (χ3v) is 6.63. The van der Waals surface area contributed by atoms with E-state index in [-0.39, 0.29) is 18.4 Å². The average Bonchev–Trinajstić information content (AvgIpc) is 3.00. The number of thioether (sulfide) groups is 1. The Hall–Kier alpha value is -1.50. The molecule has 24 heavy (non-hydrogen) atoms. The van der Waals surface area contributed by atoms with Crippen LogP contribution in [0.4, 0.5) is 5.69 Å². The molecule has 7 heteroatoms. The minimum absolute atomic E-state index is 0.0270. The molecule has 0 bridgehead atoms. The van der Waals surface area contributed by atoms with Crippen molar-refractivity contribution in [2.75, 3.05) is 17.2 Å². The Morgan fingerprint density at radius 3 is 2.92 bits per heavy atom. The highest BCUT2D eigenvalue weighted by Gasteiger charge is 2.28. The van der Waals surface area contributed by atoms with Gasteiger partial charge in [0, 0.05) is 16.4 Å². The molecule has 1 N–H and O–H groups in total. The molecule has 0 atom stereocenters. The molecule has 1 aromatic heterocycles. The van der Waals surface area contributed by atoms with E-state index in [0.29, 0.717) is 17.3 Å². The van der Waals surface area contributed by atoms with E-state index < -0.39 is 0 Å². The van der Waals surface area contributed by atoms with Crippen molar-refractivity contribution < 1.29 is 9.59 Å². The van der Waals surface area contributed by atoms with Gasteiger partial charge in [0.15, 0.2) is 0 Å². The van der Waals surface area contributed by atoms with Gasteiger partial charge in [0.05, 0.1) is 15.6 Å². The molecular weight excluding hydrogens is 364 g/mol. The molecule has 126 valence electrons. The van der Waals surface area contributed by atoms with E-state index in [9.17, 15) is 9.59 Å². The van der Waals surface area contributed by atoms with Crippen molar-refractivity contribution in [1.82, 2.24) is 5.32 Å². The number of carbonyl (C=O) groups excluding carboxylic acids is 2. The molecule has 0 spiro atoms. The summed E-state index contributed by atoms with van der Waals surface area (Å²) in [4.78, 5) is 27.3. The highest BCUT2D eigenvalue weighted by molar-refractivity contribution is 8.02. The molecule has 0 unspecified atom stereocenters. The Morgan fingerprint density at radius 1 is 1.38 bits per heavy atom. The van der Waals surface area contributed by atoms with Crippen LogP contribution in [0, 0.1) is 0 Å². The van der Waals surface area contributed by atoms with Crippen LogP contribution in [0.15, 0.2) is 34.5 Å². The van der Waals surface area contributed by atoms with Gasteiger partial charge in [0.25, 0.3) is 0 Å². The third-order valence-electron chi connectivity index (χ3n) is 3.73. The van der Waals surface area contributed by atoms with Gasteiger partial charge in [-0.1, -0.05) is 36.7 Å². The Bertz CT molecular complexity index is 776. The fourth-order valence-corrected chi connectivity index (χ4v) is 4.92. The summed E-state index contributed by atoms with van der Waals surface area (Å²) in [6, 6.07) is 9.41. The number of hydrogen-bond acceptors (Lipinski definition) is 4. The number of rotatable bonds is 5. The van der Waals surface area contributed by atoms with Crippen molar-refractivity contribution in [3.8, 4) is 0 Å². The number of anilines is 1. The first kappa shape index (κ1) is 17.3. The lowest BCUT2D eigenvalue weighted by molar-refractivity contribution is -0.123. The molecule has 0 aliphatic carbocycles. The summed E-state index contributed by atoms with van der Waals surface area (Å²) >= 11 is 9.35. The zero-order chi connectivity index (χ0) is 17.1. The zero-order valence-electron chi connectivity index (χ0n) is 13.2. The second-order valence-corrected chi connectivity index (χ2v) is 8.16. The second kappa shape index (κ2) is 7.59. The Labute approximate surface area is 154 Å². The molecule has 1 aliphatic heterocycles. The van der Waals surface area contributed by atoms with Gasteiger partial charge in [-0.15, -0.1) is 23.1 Å². The van der Waals surface area contributed by atoms with E-state index in [4.69, 9.17) is 11.6 Å². The standard InChI is InChI=1S/C17H17ClN2O2S2/c1-2-12-7-14-17(24-12)23-10-16(22)20(14)9-15(21)19-8-11-5-3-4-6-13(11)18/h3-7H,2,8-10H2,1H3,(H,19,21). The highest BCUT2D eigenvalue weighted by Crippen LogP contribution is 2.42. The van der Waals surface area contributed by atoms with Crippen LogP contribution in [0.3, 0.4) is 0 Å². The monoisotopic (exact) mass is 380 g/mol. The summed E-state index contributed by atoms with van der Waals surface area (Å²) in [5, 5.41) is 3.46. The summed E-state index contributed by atoms with van der Waals surface area (Å²) in [5.74, 6) is 0.167. The fourth-order valence-electron chi connectivity index (χ4n) is 2.43. The fraction of sp³-hybridized carbons (Fsp3) is 0.294. The van der Waals surface area contributed by atoms with Crippen molar-refractivity contribution in [2.24, 2.45) is 0 Å². The van der Waals surface area contributed by atoms with Crippen molar-refractivity contribution >= 4 is 52.2 Å². The van der Waals surface area contributed by atoms with Crippen LogP contribution in [0.2, 0.25) is 5.02 Å². The number of benzene rings is 1. The van der Waals surface area contributed by atoms with Crippen molar-refractivity contribution in [3.63, 3.8) is 0 Å². The average molecular weight is 381 g/mol. The van der Waals surface area contributed by atoms with E-state index >= 15 is 0 Å². The first-order valence-corrected chi connectivity index (χ1v) is 9.82. The van der Waals surface area contributed by atoms with Crippen LogP contribution in [0.1, 0.15) is 17.4 Å². The molecule has 1 aromatic carbocycles. The number of fused-ring (bicyclic) bond motifs is 1. The second-order valence-electron chi connectivity index (χ2n) is 5.38. The largest absolute Gasteiger partial charge is 0.350 e. The Kier molecular flexibility index (Phi) is 5.48. The quantitative estimate of drug-likeness (QED) is 0.860. The zero-order valence-corrected chi connectivity index (χ0v) is 15.6. The Balaban J connectivity index is 1.67. The lowest BCUT2D eigenvalue weighted by Crippen LogP contribution is -2.42. The number of hydrogen-bond donors (Lipinski definition) is 1. The summed E-state index contributed by atoms with van der Waals surface area (Å²) in [6.45, 7) is 2.48. The van der Waals surface area contributed by atoms with Gasteiger partial charge in [0.2, 0.25) is 11.8 Å². The number of carbonyl (C=O) groups is 2. The van der Waals surface area contributed by atoms with Crippen LogP contribution in [0.5, 0.6) is 0 Å². The molecule has 2 amide bonds. The van der Waals surface area contributed by atoms with Gasteiger partial charge >= 0.3 is 0 Å². The van der Waals surface area contributed by atoms with Gasteiger partial charge in [-0.3, -0.25) is 9.59 Å². The van der Waals surface area contributed by atoms with Crippen molar-refractivity contribution in [2.45, 2.75) is 24.1 Å². The van der Waals surface area contributed by atoms with Gasteiger partial charge in [-0.05, 0) is 24.1 Å². The predicted octanol–water partition coefficient (Wildman–Crippen LogP) is 3.72. The van der Waals surface area contributed by atoms with E-state index in [1.54, 1.807) is 34.1 Å². The first-order chi connectivity index (χ1) is 11.6. The summed E-state index contributed by atoms with van der Waals surface area (Å²) in [5.41, 5.74) is 1.73. The number of nitrogens with zero attached hydrogens (tertiary/aromatic N) is 1. The van der Waals surface area contributed by atoms with Gasteiger partial charge in [-0.25, -0.2) is 0 Å². The molecule has 0 saturated heterocycles. The SMILES string of the molecule is CCc1cc2c(s1)SCC(=O)N2CC(=O)NCc1ccccc1Cl. The predicted molar refractivity (Wildman–Crippen MR) is 100 cm³/mol. The molecule has 1 aliphatic rings.